The molecule has 21 heavy (non-hydrogen) atoms. The van der Waals surface area contributed by atoms with Gasteiger partial charge in [0.1, 0.15) is 11.3 Å². The third-order valence-corrected chi connectivity index (χ3v) is 3.39. The number of methoxy groups -OCH3 is 1. The quantitative estimate of drug-likeness (QED) is 0.783. The lowest BCUT2D eigenvalue weighted by molar-refractivity contribution is 0.155. The molecule has 6 nitrogen and oxygen atoms in total. The van der Waals surface area contributed by atoms with E-state index in [-0.39, 0.29) is 12.1 Å². The van der Waals surface area contributed by atoms with Gasteiger partial charge in [0.25, 0.3) is 5.56 Å². The molecule has 1 aromatic carbocycles. The molecule has 0 aliphatic rings. The van der Waals surface area contributed by atoms with E-state index in [4.69, 9.17) is 4.74 Å². The number of hydrogen-bond acceptors (Lipinski definition) is 4. The molecule has 108 valence electrons. The van der Waals surface area contributed by atoms with Gasteiger partial charge in [0.05, 0.1) is 26.0 Å². The summed E-state index contributed by atoms with van der Waals surface area (Å²) in [6.45, 7) is 0.174. The Bertz CT molecular complexity index is 822. The van der Waals surface area contributed by atoms with E-state index in [0.717, 1.165) is 0 Å². The zero-order chi connectivity index (χ0) is 14.8. The first-order valence-electron chi connectivity index (χ1n) is 6.54. The van der Waals surface area contributed by atoms with Crippen LogP contribution in [0.1, 0.15) is 11.7 Å². The number of aliphatic hydroxyl groups excluding tert-OH is 1. The summed E-state index contributed by atoms with van der Waals surface area (Å²) in [5.74, 6) is 0.671. The van der Waals surface area contributed by atoms with E-state index in [2.05, 4.69) is 5.10 Å². The Morgan fingerprint density at radius 2 is 2.19 bits per heavy atom. The highest BCUT2D eigenvalue weighted by atomic mass is 16.5. The number of nitrogens with zero attached hydrogens (tertiary/aromatic N) is 3. The molecule has 0 bridgehead atoms. The van der Waals surface area contributed by atoms with Gasteiger partial charge in [-0.15, -0.1) is 0 Å². The topological polar surface area (TPSA) is 68.8 Å². The van der Waals surface area contributed by atoms with Crippen LogP contribution in [-0.2, 0) is 6.54 Å². The highest BCUT2D eigenvalue weighted by molar-refractivity contribution is 5.42. The van der Waals surface area contributed by atoms with Crippen molar-refractivity contribution in [3.8, 4) is 5.75 Å². The predicted octanol–water partition coefficient (Wildman–Crippen LogP) is 1.24. The fourth-order valence-corrected chi connectivity index (χ4v) is 2.25. The molecule has 1 unspecified atom stereocenters. The third kappa shape index (κ3) is 2.53. The van der Waals surface area contributed by atoms with Gasteiger partial charge in [-0.2, -0.15) is 5.10 Å². The Hall–Kier alpha value is -2.60. The van der Waals surface area contributed by atoms with Gasteiger partial charge in [-0.3, -0.25) is 4.79 Å². The number of ether oxygens (including phenoxy) is 1. The van der Waals surface area contributed by atoms with E-state index < -0.39 is 6.10 Å². The molecule has 0 radical (unpaired) electrons. The maximum Gasteiger partial charge on any atom is 0.276 e. The lowest BCUT2D eigenvalue weighted by Crippen LogP contribution is -2.24. The Kier molecular flexibility index (Phi) is 3.45. The van der Waals surface area contributed by atoms with Gasteiger partial charge < -0.3 is 14.4 Å². The summed E-state index contributed by atoms with van der Waals surface area (Å²) in [6, 6.07) is 8.82. The molecule has 3 aromatic rings. The molecule has 0 spiro atoms. The summed E-state index contributed by atoms with van der Waals surface area (Å²) >= 11 is 0. The maximum atomic E-state index is 12.2. The lowest BCUT2D eigenvalue weighted by Gasteiger charge is -2.14. The molecule has 6 heteroatoms. The van der Waals surface area contributed by atoms with Crippen LogP contribution in [0.3, 0.4) is 0 Å². The van der Waals surface area contributed by atoms with Crippen molar-refractivity contribution in [1.29, 1.82) is 0 Å². The van der Waals surface area contributed by atoms with Crippen LogP contribution < -0.4 is 10.3 Å². The summed E-state index contributed by atoms with van der Waals surface area (Å²) in [7, 11) is 1.57. The van der Waals surface area contributed by atoms with Crippen LogP contribution in [0.25, 0.3) is 5.52 Å². The molecule has 1 atom stereocenters. The number of benzene rings is 1. The van der Waals surface area contributed by atoms with E-state index >= 15 is 0 Å². The zero-order valence-electron chi connectivity index (χ0n) is 11.5. The van der Waals surface area contributed by atoms with Crippen LogP contribution in [0.4, 0.5) is 0 Å². The first-order valence-corrected chi connectivity index (χ1v) is 6.54. The smallest absolute Gasteiger partial charge is 0.276 e. The monoisotopic (exact) mass is 285 g/mol. The van der Waals surface area contributed by atoms with Crippen LogP contribution in [0, 0.1) is 0 Å². The minimum absolute atomic E-state index is 0.174. The van der Waals surface area contributed by atoms with Crippen LogP contribution in [-0.4, -0.2) is 26.4 Å². The molecule has 0 saturated carbocycles. The molecular weight excluding hydrogens is 270 g/mol. The van der Waals surface area contributed by atoms with E-state index in [1.807, 2.05) is 0 Å². The fourth-order valence-electron chi connectivity index (χ4n) is 2.25. The molecule has 0 aliphatic carbocycles. The first kappa shape index (κ1) is 13.4. The van der Waals surface area contributed by atoms with Crippen molar-refractivity contribution in [2.24, 2.45) is 0 Å². The number of fused-ring (bicyclic) bond motifs is 1. The highest BCUT2D eigenvalue weighted by Crippen LogP contribution is 2.20. The second-order valence-corrected chi connectivity index (χ2v) is 4.71. The summed E-state index contributed by atoms with van der Waals surface area (Å²) in [5, 5.41) is 14.3. The van der Waals surface area contributed by atoms with Crippen molar-refractivity contribution in [3.05, 3.63) is 64.8 Å². The lowest BCUT2D eigenvalue weighted by atomic mass is 10.1. The maximum absolute atomic E-state index is 12.2. The van der Waals surface area contributed by atoms with Crippen molar-refractivity contribution < 1.29 is 9.84 Å². The minimum atomic E-state index is -0.789. The van der Waals surface area contributed by atoms with Gasteiger partial charge in [-0.25, -0.2) is 4.52 Å². The molecule has 3 rings (SSSR count). The van der Waals surface area contributed by atoms with E-state index in [1.54, 1.807) is 56.0 Å². The van der Waals surface area contributed by atoms with Crippen molar-refractivity contribution in [3.63, 3.8) is 0 Å². The number of rotatable bonds is 4. The van der Waals surface area contributed by atoms with Crippen LogP contribution in [0.2, 0.25) is 0 Å². The van der Waals surface area contributed by atoms with Crippen molar-refractivity contribution in [2.45, 2.75) is 12.6 Å². The summed E-state index contributed by atoms with van der Waals surface area (Å²) in [4.78, 5) is 12.2. The Morgan fingerprint density at radius 1 is 1.33 bits per heavy atom. The van der Waals surface area contributed by atoms with E-state index in [9.17, 15) is 9.90 Å². The molecule has 0 aliphatic heterocycles. The molecule has 0 saturated heterocycles. The molecular formula is C15H15N3O3. The molecule has 0 fully saturated rings. The Morgan fingerprint density at radius 3 is 3.00 bits per heavy atom. The van der Waals surface area contributed by atoms with Crippen molar-refractivity contribution in [2.75, 3.05) is 7.11 Å². The van der Waals surface area contributed by atoms with Crippen LogP contribution >= 0.6 is 0 Å². The Labute approximate surface area is 120 Å². The third-order valence-electron chi connectivity index (χ3n) is 3.39. The predicted molar refractivity (Wildman–Crippen MR) is 77.4 cm³/mol. The van der Waals surface area contributed by atoms with Gasteiger partial charge >= 0.3 is 0 Å². The molecule has 0 amide bonds. The second-order valence-electron chi connectivity index (χ2n) is 4.71. The standard InChI is InChI=1S/C15H15N3O3/c1-21-12-4-2-3-11(9-12)14(19)10-17-7-8-18-13(15(17)20)5-6-16-18/h2-9,14,19H,10H2,1H3. The number of hydrogen-bond donors (Lipinski definition) is 1. The number of aromatic nitrogens is 3. The zero-order valence-corrected chi connectivity index (χ0v) is 11.5. The van der Waals surface area contributed by atoms with Gasteiger partial charge in [0, 0.05) is 12.4 Å². The molecule has 2 heterocycles. The average Bonchev–Trinajstić information content (AvgIpc) is 2.99. The van der Waals surface area contributed by atoms with Crippen molar-refractivity contribution >= 4 is 5.52 Å². The normalized spacial score (nSPS) is 12.5. The summed E-state index contributed by atoms with van der Waals surface area (Å²) in [6.07, 6.45) is 4.09. The Balaban J connectivity index is 1.90. The first-order chi connectivity index (χ1) is 10.2. The minimum Gasteiger partial charge on any atom is -0.497 e. The van der Waals surface area contributed by atoms with Gasteiger partial charge in [-0.1, -0.05) is 12.1 Å². The number of aliphatic hydroxyl groups is 1. The summed E-state index contributed by atoms with van der Waals surface area (Å²) < 4.78 is 8.12. The van der Waals surface area contributed by atoms with Gasteiger partial charge in [0.15, 0.2) is 0 Å². The van der Waals surface area contributed by atoms with Crippen LogP contribution in [0.15, 0.2) is 53.7 Å². The average molecular weight is 285 g/mol. The van der Waals surface area contributed by atoms with Gasteiger partial charge in [0.2, 0.25) is 0 Å². The molecule has 2 aromatic heterocycles. The SMILES string of the molecule is COc1cccc(C(O)Cn2ccn3nccc3c2=O)c1. The summed E-state index contributed by atoms with van der Waals surface area (Å²) in [5.41, 5.74) is 1.00. The van der Waals surface area contributed by atoms with E-state index in [1.165, 1.54) is 9.08 Å². The van der Waals surface area contributed by atoms with Crippen molar-refractivity contribution in [1.82, 2.24) is 14.2 Å². The fraction of sp³-hybridized carbons (Fsp3) is 0.200. The van der Waals surface area contributed by atoms with Gasteiger partial charge in [-0.05, 0) is 23.8 Å². The van der Waals surface area contributed by atoms with E-state index in [0.29, 0.717) is 16.8 Å². The highest BCUT2D eigenvalue weighted by Gasteiger charge is 2.11. The second kappa shape index (κ2) is 5.41. The van der Waals surface area contributed by atoms with Crippen LogP contribution in [0.5, 0.6) is 5.75 Å². The largest absolute Gasteiger partial charge is 0.497 e. The molecule has 1 N–H and O–H groups in total.